The Balaban J connectivity index is 3.54. The van der Waals surface area contributed by atoms with Crippen LogP contribution in [0, 0.1) is 0 Å². The van der Waals surface area contributed by atoms with Crippen LogP contribution in [0.2, 0.25) is 0 Å². The van der Waals surface area contributed by atoms with Crippen molar-refractivity contribution in [3.8, 4) is 0 Å². The number of halogens is 3. The van der Waals surface area contributed by atoms with Gasteiger partial charge in [0.25, 0.3) is 0 Å². The van der Waals surface area contributed by atoms with Crippen LogP contribution in [-0.4, -0.2) is 5.91 Å². The molecule has 0 radical (unpaired) electrons. The van der Waals surface area contributed by atoms with Gasteiger partial charge in [-0.05, 0) is 11.6 Å². The molecule has 0 fully saturated rings. The van der Waals surface area contributed by atoms with Crippen LogP contribution in [0.1, 0.15) is 21.5 Å². The Bertz CT molecular complexity index is 410. The summed E-state index contributed by atoms with van der Waals surface area (Å²) in [6, 6.07) is 3.59. The fourth-order valence-corrected chi connectivity index (χ4v) is 1.26. The number of carbonyl (C=O) groups excluding carboxylic acids is 1. The van der Waals surface area contributed by atoms with E-state index in [1.54, 1.807) is 0 Å². The van der Waals surface area contributed by atoms with Gasteiger partial charge in [0.1, 0.15) is 0 Å². The number of nitrogens with two attached hydrogens (primary N) is 1. The molecule has 1 aromatic rings. The first-order valence-electron chi connectivity index (χ1n) is 4.00. The summed E-state index contributed by atoms with van der Waals surface area (Å²) >= 11 is 0. The summed E-state index contributed by atoms with van der Waals surface area (Å²) < 4.78 is 37.8. The van der Waals surface area contributed by atoms with Crippen molar-refractivity contribution in [2.24, 2.45) is 5.73 Å². The summed E-state index contributed by atoms with van der Waals surface area (Å²) in [5.74, 6) is -1.11. The lowest BCUT2D eigenvalue weighted by molar-refractivity contribution is -0.138. The summed E-state index contributed by atoms with van der Waals surface area (Å²) in [6.45, 7) is 3.25. The zero-order chi connectivity index (χ0) is 11.6. The van der Waals surface area contributed by atoms with E-state index in [4.69, 9.17) is 5.73 Å². The minimum atomic E-state index is -4.62. The summed E-state index contributed by atoms with van der Waals surface area (Å²) in [6.07, 6.45) is -3.58. The third kappa shape index (κ3) is 2.18. The Hall–Kier alpha value is -1.78. The topological polar surface area (TPSA) is 43.1 Å². The largest absolute Gasteiger partial charge is 0.417 e. The van der Waals surface area contributed by atoms with Crippen molar-refractivity contribution >= 4 is 12.0 Å². The molecule has 1 rings (SSSR count). The van der Waals surface area contributed by atoms with E-state index in [-0.39, 0.29) is 5.56 Å². The van der Waals surface area contributed by atoms with E-state index in [0.717, 1.165) is 12.1 Å². The number of primary amides is 1. The quantitative estimate of drug-likeness (QED) is 0.808. The van der Waals surface area contributed by atoms with Gasteiger partial charge in [-0.15, -0.1) is 0 Å². The van der Waals surface area contributed by atoms with Crippen LogP contribution in [0.25, 0.3) is 6.08 Å². The second-order valence-corrected chi connectivity index (χ2v) is 2.84. The molecule has 0 saturated carbocycles. The average Bonchev–Trinajstić information content (AvgIpc) is 2.15. The molecule has 0 aliphatic heterocycles. The molecule has 1 aromatic carbocycles. The Morgan fingerprint density at radius 2 is 2.00 bits per heavy atom. The molecule has 2 nitrogen and oxygen atoms in total. The van der Waals surface area contributed by atoms with E-state index >= 15 is 0 Å². The average molecular weight is 215 g/mol. The maximum atomic E-state index is 12.6. The van der Waals surface area contributed by atoms with E-state index in [1.165, 1.54) is 12.1 Å². The normalized spacial score (nSPS) is 11.1. The van der Waals surface area contributed by atoms with Gasteiger partial charge in [-0.25, -0.2) is 0 Å². The van der Waals surface area contributed by atoms with Gasteiger partial charge in [0.05, 0.1) is 11.1 Å². The van der Waals surface area contributed by atoms with E-state index in [2.05, 4.69) is 6.58 Å². The lowest BCUT2D eigenvalue weighted by Gasteiger charge is -2.13. The molecule has 1 amide bonds. The SMILES string of the molecule is C=Cc1cccc(C(N)=O)c1C(F)(F)F. The molecule has 0 atom stereocenters. The molecular weight excluding hydrogens is 207 g/mol. The standard InChI is InChI=1S/C10H8F3NO/c1-2-6-4-3-5-7(9(14)15)8(6)10(11,12)13/h2-5H,1H2,(H2,14,15). The molecule has 0 heterocycles. The summed E-state index contributed by atoms with van der Waals surface area (Å²) in [7, 11) is 0. The van der Waals surface area contributed by atoms with Gasteiger partial charge < -0.3 is 5.73 Å². The first kappa shape index (κ1) is 11.3. The van der Waals surface area contributed by atoms with Crippen LogP contribution >= 0.6 is 0 Å². The van der Waals surface area contributed by atoms with Crippen molar-refractivity contribution in [2.45, 2.75) is 6.18 Å². The van der Waals surface area contributed by atoms with Crippen molar-refractivity contribution in [2.75, 3.05) is 0 Å². The molecule has 0 spiro atoms. The maximum absolute atomic E-state index is 12.6. The Kier molecular flexibility index (Phi) is 2.83. The van der Waals surface area contributed by atoms with E-state index in [9.17, 15) is 18.0 Å². The van der Waals surface area contributed by atoms with E-state index in [0.29, 0.717) is 0 Å². The third-order valence-electron chi connectivity index (χ3n) is 1.87. The highest BCUT2D eigenvalue weighted by Gasteiger charge is 2.36. The number of hydrogen-bond donors (Lipinski definition) is 1. The van der Waals surface area contributed by atoms with E-state index in [1.807, 2.05) is 0 Å². The fourth-order valence-electron chi connectivity index (χ4n) is 1.26. The van der Waals surface area contributed by atoms with Crippen LogP contribution in [0.3, 0.4) is 0 Å². The number of benzene rings is 1. The zero-order valence-electron chi connectivity index (χ0n) is 7.64. The Morgan fingerprint density at radius 3 is 2.40 bits per heavy atom. The molecular formula is C10H8F3NO. The van der Waals surface area contributed by atoms with Crippen molar-refractivity contribution in [1.29, 1.82) is 0 Å². The lowest BCUT2D eigenvalue weighted by atomic mass is 10.00. The van der Waals surface area contributed by atoms with Crippen molar-refractivity contribution in [3.05, 3.63) is 41.5 Å². The zero-order valence-corrected chi connectivity index (χ0v) is 7.64. The summed E-state index contributed by atoms with van der Waals surface area (Å²) in [4.78, 5) is 10.8. The Labute approximate surface area is 84.2 Å². The predicted molar refractivity (Wildman–Crippen MR) is 50.1 cm³/mol. The van der Waals surface area contributed by atoms with Gasteiger partial charge in [0.15, 0.2) is 0 Å². The number of amides is 1. The van der Waals surface area contributed by atoms with Crippen molar-refractivity contribution in [3.63, 3.8) is 0 Å². The Morgan fingerprint density at radius 1 is 1.40 bits per heavy atom. The van der Waals surface area contributed by atoms with Crippen LogP contribution in [0.15, 0.2) is 24.8 Å². The first-order valence-corrected chi connectivity index (χ1v) is 4.00. The highest BCUT2D eigenvalue weighted by molar-refractivity contribution is 5.95. The second-order valence-electron chi connectivity index (χ2n) is 2.84. The maximum Gasteiger partial charge on any atom is 0.417 e. The third-order valence-corrected chi connectivity index (χ3v) is 1.87. The van der Waals surface area contributed by atoms with Gasteiger partial charge in [-0.3, -0.25) is 4.79 Å². The summed E-state index contributed by atoms with van der Waals surface area (Å²) in [5, 5.41) is 0. The molecule has 0 saturated heterocycles. The van der Waals surface area contributed by atoms with Gasteiger partial charge in [0, 0.05) is 0 Å². The molecule has 15 heavy (non-hydrogen) atoms. The minimum absolute atomic E-state index is 0.154. The van der Waals surface area contributed by atoms with Crippen LogP contribution < -0.4 is 5.73 Å². The van der Waals surface area contributed by atoms with Crippen molar-refractivity contribution in [1.82, 2.24) is 0 Å². The lowest BCUT2D eigenvalue weighted by Crippen LogP contribution is -2.19. The predicted octanol–water partition coefficient (Wildman–Crippen LogP) is 2.45. The molecule has 0 aliphatic carbocycles. The molecule has 0 unspecified atom stereocenters. The minimum Gasteiger partial charge on any atom is -0.366 e. The molecule has 80 valence electrons. The van der Waals surface area contributed by atoms with Gasteiger partial charge in [-0.2, -0.15) is 13.2 Å². The smallest absolute Gasteiger partial charge is 0.366 e. The number of rotatable bonds is 2. The van der Waals surface area contributed by atoms with Crippen molar-refractivity contribution < 1.29 is 18.0 Å². The molecule has 5 heteroatoms. The molecule has 2 N–H and O–H groups in total. The van der Waals surface area contributed by atoms with E-state index < -0.39 is 23.2 Å². The first-order chi connectivity index (χ1) is 6.88. The van der Waals surface area contributed by atoms with Crippen LogP contribution in [0.5, 0.6) is 0 Å². The number of hydrogen-bond acceptors (Lipinski definition) is 1. The number of alkyl halides is 3. The molecule has 0 aliphatic rings. The fraction of sp³-hybridized carbons (Fsp3) is 0.100. The highest BCUT2D eigenvalue weighted by Crippen LogP contribution is 2.35. The van der Waals surface area contributed by atoms with Crippen LogP contribution in [0.4, 0.5) is 13.2 Å². The highest BCUT2D eigenvalue weighted by atomic mass is 19.4. The van der Waals surface area contributed by atoms with Gasteiger partial charge in [0.2, 0.25) is 5.91 Å². The number of carbonyl (C=O) groups is 1. The monoisotopic (exact) mass is 215 g/mol. The second kappa shape index (κ2) is 3.76. The van der Waals surface area contributed by atoms with Crippen LogP contribution in [-0.2, 0) is 6.18 Å². The van der Waals surface area contributed by atoms with Gasteiger partial charge >= 0.3 is 6.18 Å². The molecule has 0 aromatic heterocycles. The summed E-state index contributed by atoms with van der Waals surface area (Å²) in [5.41, 5.74) is 3.13. The van der Waals surface area contributed by atoms with Gasteiger partial charge in [-0.1, -0.05) is 24.8 Å². The molecule has 0 bridgehead atoms.